The van der Waals surface area contributed by atoms with Gasteiger partial charge in [-0.25, -0.2) is 0 Å². The van der Waals surface area contributed by atoms with Crippen LogP contribution in [-0.4, -0.2) is 26.4 Å². The van der Waals surface area contributed by atoms with E-state index in [1.807, 2.05) is 24.3 Å². The minimum atomic E-state index is -0.134. The molecule has 2 aromatic carbocycles. The van der Waals surface area contributed by atoms with Gasteiger partial charge in [0.25, 0.3) is 0 Å². The quantitative estimate of drug-likeness (QED) is 0.438. The Morgan fingerprint density at radius 2 is 2.00 bits per heavy atom. The number of hydrogen-bond acceptors (Lipinski definition) is 4. The Kier molecular flexibility index (Phi) is 7.53. The molecule has 0 aliphatic rings. The molecule has 146 valence electrons. The first kappa shape index (κ1) is 20.9. The fourth-order valence-electron chi connectivity index (χ4n) is 2.69. The number of benzene rings is 2. The normalized spacial score (nSPS) is 10.8. The second kappa shape index (κ2) is 10.1. The molecule has 0 aliphatic heterocycles. The highest BCUT2D eigenvalue weighted by molar-refractivity contribution is 9.10. The highest BCUT2D eigenvalue weighted by Crippen LogP contribution is 2.26. The van der Waals surface area contributed by atoms with Gasteiger partial charge in [0.1, 0.15) is 5.82 Å². The van der Waals surface area contributed by atoms with Gasteiger partial charge in [0, 0.05) is 17.4 Å². The SMILES string of the molecule is CCCn1c(Cc2ccccc2)nnc1SCC(=O)Nc1ccc(Br)cc1Cl. The van der Waals surface area contributed by atoms with Crippen LogP contribution in [0.25, 0.3) is 0 Å². The zero-order valence-corrected chi connectivity index (χ0v) is 18.5. The predicted octanol–water partition coefficient (Wildman–Crippen LogP) is 5.43. The van der Waals surface area contributed by atoms with Gasteiger partial charge in [0.15, 0.2) is 5.16 Å². The molecule has 0 radical (unpaired) electrons. The molecule has 5 nitrogen and oxygen atoms in total. The molecule has 28 heavy (non-hydrogen) atoms. The molecule has 0 atom stereocenters. The number of nitrogens with zero attached hydrogens (tertiary/aromatic N) is 3. The number of nitrogens with one attached hydrogen (secondary N) is 1. The summed E-state index contributed by atoms with van der Waals surface area (Å²) in [6, 6.07) is 15.5. The summed E-state index contributed by atoms with van der Waals surface area (Å²) >= 11 is 10.9. The number of carbonyl (C=O) groups excluding carboxylic acids is 1. The maximum atomic E-state index is 12.3. The molecular formula is C20H20BrClN4OS. The number of rotatable bonds is 8. The second-order valence-electron chi connectivity index (χ2n) is 6.17. The lowest BCUT2D eigenvalue weighted by Gasteiger charge is -2.10. The van der Waals surface area contributed by atoms with Gasteiger partial charge >= 0.3 is 0 Å². The predicted molar refractivity (Wildman–Crippen MR) is 118 cm³/mol. The van der Waals surface area contributed by atoms with E-state index in [2.05, 4.69) is 55.1 Å². The van der Waals surface area contributed by atoms with Crippen molar-refractivity contribution >= 4 is 50.9 Å². The van der Waals surface area contributed by atoms with Crippen LogP contribution in [0.4, 0.5) is 5.69 Å². The van der Waals surface area contributed by atoms with E-state index in [0.29, 0.717) is 10.7 Å². The van der Waals surface area contributed by atoms with Crippen LogP contribution in [-0.2, 0) is 17.8 Å². The van der Waals surface area contributed by atoms with Crippen LogP contribution in [0.5, 0.6) is 0 Å². The maximum Gasteiger partial charge on any atom is 0.234 e. The third-order valence-corrected chi connectivity index (χ3v) is 5.76. The molecule has 0 saturated heterocycles. The van der Waals surface area contributed by atoms with Crippen molar-refractivity contribution in [1.82, 2.24) is 14.8 Å². The van der Waals surface area contributed by atoms with Crippen molar-refractivity contribution in [3.8, 4) is 0 Å². The lowest BCUT2D eigenvalue weighted by atomic mass is 10.1. The summed E-state index contributed by atoms with van der Waals surface area (Å²) in [5.74, 6) is 1.01. The van der Waals surface area contributed by atoms with Gasteiger partial charge in [0.2, 0.25) is 5.91 Å². The summed E-state index contributed by atoms with van der Waals surface area (Å²) in [6.07, 6.45) is 1.68. The minimum absolute atomic E-state index is 0.134. The Balaban J connectivity index is 1.65. The molecule has 1 heterocycles. The van der Waals surface area contributed by atoms with E-state index in [1.165, 1.54) is 17.3 Å². The maximum absolute atomic E-state index is 12.3. The summed E-state index contributed by atoms with van der Waals surface area (Å²) in [4.78, 5) is 12.3. The molecule has 0 spiro atoms. The van der Waals surface area contributed by atoms with Crippen molar-refractivity contribution in [2.45, 2.75) is 31.5 Å². The smallest absolute Gasteiger partial charge is 0.234 e. The number of hydrogen-bond donors (Lipinski definition) is 1. The number of aromatic nitrogens is 3. The average Bonchev–Trinajstić information content (AvgIpc) is 3.05. The van der Waals surface area contributed by atoms with E-state index in [-0.39, 0.29) is 11.7 Å². The number of amides is 1. The summed E-state index contributed by atoms with van der Waals surface area (Å²) in [5, 5.41) is 12.7. The molecule has 3 aromatic rings. The lowest BCUT2D eigenvalue weighted by molar-refractivity contribution is -0.113. The van der Waals surface area contributed by atoms with Crippen LogP contribution < -0.4 is 5.32 Å². The highest BCUT2D eigenvalue weighted by atomic mass is 79.9. The van der Waals surface area contributed by atoms with Gasteiger partial charge in [-0.3, -0.25) is 4.79 Å². The van der Waals surface area contributed by atoms with E-state index in [1.54, 1.807) is 12.1 Å². The van der Waals surface area contributed by atoms with Crippen LogP contribution in [0.2, 0.25) is 5.02 Å². The van der Waals surface area contributed by atoms with E-state index in [0.717, 1.165) is 34.8 Å². The molecule has 0 bridgehead atoms. The molecular weight excluding hydrogens is 460 g/mol. The third kappa shape index (κ3) is 5.59. The number of halogens is 2. The monoisotopic (exact) mass is 478 g/mol. The van der Waals surface area contributed by atoms with E-state index < -0.39 is 0 Å². The van der Waals surface area contributed by atoms with Crippen molar-refractivity contribution in [2.24, 2.45) is 0 Å². The Labute approximate surface area is 182 Å². The third-order valence-electron chi connectivity index (χ3n) is 3.98. The molecule has 1 aromatic heterocycles. The molecule has 0 unspecified atom stereocenters. The molecule has 8 heteroatoms. The lowest BCUT2D eigenvalue weighted by Crippen LogP contribution is -2.15. The Morgan fingerprint density at radius 1 is 1.21 bits per heavy atom. The van der Waals surface area contributed by atoms with Crippen molar-refractivity contribution in [2.75, 3.05) is 11.1 Å². The molecule has 0 saturated carbocycles. The van der Waals surface area contributed by atoms with Gasteiger partial charge in [-0.1, -0.05) is 76.5 Å². The van der Waals surface area contributed by atoms with Gasteiger partial charge in [-0.15, -0.1) is 10.2 Å². The van der Waals surface area contributed by atoms with Crippen LogP contribution >= 0.6 is 39.3 Å². The van der Waals surface area contributed by atoms with E-state index >= 15 is 0 Å². The topological polar surface area (TPSA) is 59.8 Å². The van der Waals surface area contributed by atoms with Crippen molar-refractivity contribution in [3.63, 3.8) is 0 Å². The second-order valence-corrected chi connectivity index (χ2v) is 8.44. The zero-order valence-electron chi connectivity index (χ0n) is 15.4. The number of thioether (sulfide) groups is 1. The van der Waals surface area contributed by atoms with Crippen LogP contribution in [0.1, 0.15) is 24.7 Å². The van der Waals surface area contributed by atoms with Gasteiger partial charge < -0.3 is 9.88 Å². The van der Waals surface area contributed by atoms with Crippen LogP contribution in [0, 0.1) is 0 Å². The zero-order chi connectivity index (χ0) is 19.9. The van der Waals surface area contributed by atoms with Crippen molar-refractivity contribution in [1.29, 1.82) is 0 Å². The van der Waals surface area contributed by atoms with Gasteiger partial charge in [-0.2, -0.15) is 0 Å². The number of anilines is 1. The minimum Gasteiger partial charge on any atom is -0.324 e. The molecule has 1 amide bonds. The molecule has 1 N–H and O–H groups in total. The van der Waals surface area contributed by atoms with Crippen molar-refractivity contribution in [3.05, 3.63) is 69.4 Å². The first-order valence-electron chi connectivity index (χ1n) is 8.90. The van der Waals surface area contributed by atoms with E-state index in [4.69, 9.17) is 11.6 Å². The fraction of sp³-hybridized carbons (Fsp3) is 0.250. The highest BCUT2D eigenvalue weighted by Gasteiger charge is 2.15. The summed E-state index contributed by atoms with van der Waals surface area (Å²) in [7, 11) is 0. The summed E-state index contributed by atoms with van der Waals surface area (Å²) in [6.45, 7) is 2.93. The fourth-order valence-corrected chi connectivity index (χ4v) is 4.19. The Morgan fingerprint density at radius 3 is 2.71 bits per heavy atom. The summed E-state index contributed by atoms with van der Waals surface area (Å²) < 4.78 is 2.96. The standard InChI is InChI=1S/C20H20BrClN4OS/c1-2-10-26-18(11-14-6-4-3-5-7-14)24-25-20(26)28-13-19(27)23-17-9-8-15(21)12-16(17)22/h3-9,12H,2,10-11,13H2,1H3,(H,23,27). The van der Waals surface area contributed by atoms with Crippen LogP contribution in [0.3, 0.4) is 0 Å². The van der Waals surface area contributed by atoms with Gasteiger partial charge in [0.05, 0.1) is 16.5 Å². The van der Waals surface area contributed by atoms with Crippen LogP contribution in [0.15, 0.2) is 58.2 Å². The molecule has 0 fully saturated rings. The van der Waals surface area contributed by atoms with Crippen molar-refractivity contribution < 1.29 is 4.79 Å². The Hall–Kier alpha value is -1.83. The van der Waals surface area contributed by atoms with Gasteiger partial charge in [-0.05, 0) is 30.2 Å². The Bertz CT molecular complexity index is 949. The molecule has 3 rings (SSSR count). The molecule has 0 aliphatic carbocycles. The number of carbonyl (C=O) groups is 1. The first-order valence-corrected chi connectivity index (χ1v) is 11.1. The van der Waals surface area contributed by atoms with E-state index in [9.17, 15) is 4.79 Å². The largest absolute Gasteiger partial charge is 0.324 e. The summed E-state index contributed by atoms with van der Waals surface area (Å²) in [5.41, 5.74) is 1.78. The average molecular weight is 480 g/mol. The first-order chi connectivity index (χ1) is 13.6.